The number of hydrogen-bond acceptors (Lipinski definition) is 8. The third kappa shape index (κ3) is 7.67. The molecule has 2 aliphatic rings. The van der Waals surface area contributed by atoms with E-state index in [1.54, 1.807) is 5.01 Å². The van der Waals surface area contributed by atoms with Crippen molar-refractivity contribution in [3.8, 4) is 17.0 Å². The molecule has 240 valence electrons. The second-order valence-corrected chi connectivity index (χ2v) is 11.5. The molecule has 3 atom stereocenters. The van der Waals surface area contributed by atoms with E-state index < -0.39 is 6.04 Å². The molecule has 2 N–H and O–H groups in total. The van der Waals surface area contributed by atoms with Gasteiger partial charge in [0, 0.05) is 25.2 Å². The summed E-state index contributed by atoms with van der Waals surface area (Å²) in [6, 6.07) is 7.22. The van der Waals surface area contributed by atoms with E-state index in [2.05, 4.69) is 31.4 Å². The van der Waals surface area contributed by atoms with E-state index >= 15 is 0 Å². The van der Waals surface area contributed by atoms with E-state index in [1.165, 1.54) is 26.4 Å². The minimum atomic E-state index is -0.458. The van der Waals surface area contributed by atoms with E-state index in [1.807, 2.05) is 42.8 Å². The van der Waals surface area contributed by atoms with Gasteiger partial charge in [0.15, 0.2) is 11.9 Å². The molecule has 0 fully saturated rings. The Bertz CT molecular complexity index is 1350. The molecule has 2 amide bonds. The van der Waals surface area contributed by atoms with Gasteiger partial charge in [-0.05, 0) is 51.3 Å². The Morgan fingerprint density at radius 2 is 1.89 bits per heavy atom. The minimum absolute atomic E-state index is 0.0401. The predicted molar refractivity (Wildman–Crippen MR) is 174 cm³/mol. The number of nitrogens with zero attached hydrogens (tertiary/aromatic N) is 5. The van der Waals surface area contributed by atoms with Crippen molar-refractivity contribution in [2.24, 2.45) is 10.1 Å². The first-order chi connectivity index (χ1) is 21.3. The molecule has 4 rings (SSSR count). The van der Waals surface area contributed by atoms with E-state index in [0.29, 0.717) is 35.3 Å². The summed E-state index contributed by atoms with van der Waals surface area (Å²) >= 11 is 0. The van der Waals surface area contributed by atoms with Crippen LogP contribution in [0.5, 0.6) is 5.75 Å². The topological polar surface area (TPSA) is 122 Å². The van der Waals surface area contributed by atoms with Crippen molar-refractivity contribution in [3.63, 3.8) is 0 Å². The third-order valence-electron chi connectivity index (χ3n) is 8.00. The van der Waals surface area contributed by atoms with Gasteiger partial charge in [0.05, 0.1) is 29.9 Å². The number of carbonyl (C=O) groups excluding carboxylic acids is 2. The molecule has 0 bridgehead atoms. The van der Waals surface area contributed by atoms with Gasteiger partial charge < -0.3 is 20.1 Å². The van der Waals surface area contributed by atoms with Crippen molar-refractivity contribution in [2.75, 3.05) is 25.6 Å². The second kappa shape index (κ2) is 15.8. The summed E-state index contributed by atoms with van der Waals surface area (Å²) in [5.41, 5.74) is 2.19. The highest BCUT2D eigenvalue weighted by molar-refractivity contribution is 6.14. The van der Waals surface area contributed by atoms with E-state index in [4.69, 9.17) is 24.7 Å². The number of unbranched alkanes of at least 4 members (excludes halogenated alkanes) is 3. The lowest BCUT2D eigenvalue weighted by Gasteiger charge is -2.30. The quantitative estimate of drug-likeness (QED) is 0.216. The van der Waals surface area contributed by atoms with Crippen molar-refractivity contribution in [3.05, 3.63) is 29.8 Å². The molecule has 0 saturated carbocycles. The largest absolute Gasteiger partial charge is 0.493 e. The maximum Gasteiger partial charge on any atom is 0.252 e. The van der Waals surface area contributed by atoms with Crippen LogP contribution in [-0.2, 0) is 14.3 Å². The van der Waals surface area contributed by atoms with Crippen molar-refractivity contribution >= 4 is 29.3 Å². The Balaban J connectivity index is 1.75. The smallest absolute Gasteiger partial charge is 0.252 e. The predicted octanol–water partition coefficient (Wildman–Crippen LogP) is 5.91. The molecule has 1 aromatic carbocycles. The lowest BCUT2D eigenvalue weighted by atomic mass is 10.0. The number of amidine groups is 2. The average molecular weight is 608 g/mol. The van der Waals surface area contributed by atoms with E-state index in [9.17, 15) is 9.59 Å². The molecular weight excluding hydrogens is 558 g/mol. The molecular formula is C33H49N7O4. The van der Waals surface area contributed by atoms with Gasteiger partial charge in [0.1, 0.15) is 24.0 Å². The number of carbonyl (C=O) groups is 2. The van der Waals surface area contributed by atoms with Gasteiger partial charge in [-0.2, -0.15) is 10.2 Å². The van der Waals surface area contributed by atoms with Gasteiger partial charge in [-0.1, -0.05) is 52.9 Å². The first kappa shape index (κ1) is 33.2. The summed E-state index contributed by atoms with van der Waals surface area (Å²) in [6.07, 6.45) is 9.26. The van der Waals surface area contributed by atoms with Gasteiger partial charge in [-0.3, -0.25) is 14.6 Å². The number of hydrazone groups is 1. The molecule has 0 radical (unpaired) electrons. The van der Waals surface area contributed by atoms with Crippen LogP contribution in [0.25, 0.3) is 11.3 Å². The van der Waals surface area contributed by atoms with Crippen LogP contribution in [0.4, 0.5) is 5.82 Å². The van der Waals surface area contributed by atoms with Crippen molar-refractivity contribution in [1.29, 1.82) is 0 Å². The van der Waals surface area contributed by atoms with Gasteiger partial charge >= 0.3 is 0 Å². The second-order valence-electron chi connectivity index (χ2n) is 11.5. The molecule has 11 heteroatoms. The Morgan fingerprint density at radius 1 is 1.07 bits per heavy atom. The van der Waals surface area contributed by atoms with Crippen LogP contribution in [0.2, 0.25) is 0 Å². The summed E-state index contributed by atoms with van der Waals surface area (Å²) < 4.78 is 13.0. The van der Waals surface area contributed by atoms with Crippen molar-refractivity contribution in [1.82, 2.24) is 20.1 Å². The number of amides is 2. The lowest BCUT2D eigenvalue weighted by Crippen LogP contribution is -2.54. The number of rotatable bonds is 17. The van der Waals surface area contributed by atoms with Crippen LogP contribution >= 0.6 is 0 Å². The number of hydrogen-bond donors (Lipinski definition) is 2. The first-order valence-corrected chi connectivity index (χ1v) is 16.3. The summed E-state index contributed by atoms with van der Waals surface area (Å²) in [5, 5.41) is 17.7. The molecule has 44 heavy (non-hydrogen) atoms. The maximum atomic E-state index is 13.3. The molecule has 1 aromatic heterocycles. The molecule has 0 spiro atoms. The maximum absolute atomic E-state index is 13.3. The fraction of sp³-hybridized carbons (Fsp3) is 0.606. The zero-order valence-corrected chi connectivity index (χ0v) is 27.2. The van der Waals surface area contributed by atoms with Gasteiger partial charge in [0.2, 0.25) is 0 Å². The zero-order chi connectivity index (χ0) is 31.6. The summed E-state index contributed by atoms with van der Waals surface area (Å²) in [5.74, 6) is 2.13. The fourth-order valence-electron chi connectivity index (χ4n) is 5.93. The number of ether oxygens (including phenoxy) is 2. The van der Waals surface area contributed by atoms with Crippen molar-refractivity contribution < 1.29 is 19.1 Å². The van der Waals surface area contributed by atoms with Crippen molar-refractivity contribution in [2.45, 2.75) is 111 Å². The third-order valence-corrected chi connectivity index (χ3v) is 8.00. The molecule has 11 nitrogen and oxygen atoms in total. The first-order valence-electron chi connectivity index (χ1n) is 16.3. The standard InChI is InChI=1S/C33H49N7O4/c1-7-11-12-13-16-24(14-8-2)39-29(35-30(41)21-43-6)20-26(37-39)23-17-18-27(44-10-4)25(19-23)32-36-33(42)31-22(5)34-28(15-9-3)40(31)38-32/h17-20,22,24,31H,7-16,21H2,1-6H3,(H,35,41)(H,36,38,42). The number of aromatic nitrogens is 2. The fourth-order valence-corrected chi connectivity index (χ4v) is 5.93. The number of benzene rings is 1. The van der Waals surface area contributed by atoms with Crippen LogP contribution in [0.3, 0.4) is 0 Å². The van der Waals surface area contributed by atoms with Crippen LogP contribution in [0.15, 0.2) is 34.4 Å². The summed E-state index contributed by atoms with van der Waals surface area (Å²) in [6.45, 7) is 10.8. The lowest BCUT2D eigenvalue weighted by molar-refractivity contribution is -0.124. The molecule has 3 heterocycles. The molecule has 2 aliphatic heterocycles. The normalized spacial score (nSPS) is 18.4. The zero-order valence-electron chi connectivity index (χ0n) is 27.2. The highest BCUT2D eigenvalue weighted by Crippen LogP contribution is 2.33. The highest BCUT2D eigenvalue weighted by Gasteiger charge is 2.42. The molecule has 3 unspecified atom stereocenters. The number of nitrogens with one attached hydrogen (secondary N) is 2. The Labute approximate surface area is 261 Å². The SMILES string of the molecule is CCCCCCC(CCC)n1nc(-c2ccc(OCC)c(C3=NN4C(CCC)=NC(C)C4C(=O)N3)c2)cc1NC(=O)COC. The number of anilines is 1. The summed E-state index contributed by atoms with van der Waals surface area (Å²) in [4.78, 5) is 30.6. The molecule has 0 saturated heterocycles. The number of methoxy groups -OCH3 is 1. The van der Waals surface area contributed by atoms with Crippen LogP contribution in [0, 0.1) is 0 Å². The van der Waals surface area contributed by atoms with E-state index in [0.717, 1.165) is 49.9 Å². The monoisotopic (exact) mass is 607 g/mol. The van der Waals surface area contributed by atoms with E-state index in [-0.39, 0.29) is 30.5 Å². The van der Waals surface area contributed by atoms with Gasteiger partial charge in [-0.15, -0.1) is 0 Å². The van der Waals surface area contributed by atoms with Crippen LogP contribution in [0.1, 0.15) is 104 Å². The average Bonchev–Trinajstić information content (AvgIpc) is 3.56. The molecule has 0 aliphatic carbocycles. The van der Waals surface area contributed by atoms with Crippen LogP contribution in [-0.4, -0.2) is 70.7 Å². The van der Waals surface area contributed by atoms with Gasteiger partial charge in [0.25, 0.3) is 11.8 Å². The Morgan fingerprint density at radius 3 is 2.59 bits per heavy atom. The van der Waals surface area contributed by atoms with Crippen LogP contribution < -0.4 is 15.4 Å². The number of aliphatic imine (C=N–C) groups is 1. The Hall–Kier alpha value is -3.73. The van der Waals surface area contributed by atoms with Gasteiger partial charge in [-0.25, -0.2) is 9.69 Å². The molecule has 2 aromatic rings. The Kier molecular flexibility index (Phi) is 11.9. The highest BCUT2D eigenvalue weighted by atomic mass is 16.5. The number of fused-ring (bicyclic) bond motifs is 1. The minimum Gasteiger partial charge on any atom is -0.493 e. The summed E-state index contributed by atoms with van der Waals surface area (Å²) in [7, 11) is 1.51.